The number of rotatable bonds is 2. The maximum absolute atomic E-state index is 12.2. The van der Waals surface area contributed by atoms with E-state index in [1.807, 2.05) is 45.0 Å². The highest BCUT2D eigenvalue weighted by atomic mass is 32.2. The molecule has 0 heterocycles. The normalized spacial score (nSPS) is 14.0. The van der Waals surface area contributed by atoms with Crippen molar-refractivity contribution in [2.75, 3.05) is 0 Å². The van der Waals surface area contributed by atoms with E-state index < -0.39 is 11.0 Å². The van der Waals surface area contributed by atoms with Crippen LogP contribution in [0.3, 0.4) is 0 Å². The topological polar surface area (TPSA) is 29.4 Å². The van der Waals surface area contributed by atoms with Crippen LogP contribution in [0.15, 0.2) is 59.0 Å². The van der Waals surface area contributed by atoms with Crippen LogP contribution >= 0.6 is 0 Å². The molecule has 0 aromatic heterocycles. The van der Waals surface area contributed by atoms with Crippen molar-refractivity contribution in [1.29, 1.82) is 0 Å². The number of hydrogen-bond donors (Lipinski definition) is 0. The van der Waals surface area contributed by atoms with E-state index in [0.29, 0.717) is 0 Å². The fraction of sp³-hybridized carbons (Fsp3) is 0.211. The number of fused-ring (bicyclic) bond motifs is 2. The Morgan fingerprint density at radius 1 is 0.909 bits per heavy atom. The molecule has 3 aromatic rings. The summed E-state index contributed by atoms with van der Waals surface area (Å²) in [6.45, 7) is 5.80. The quantitative estimate of drug-likeness (QED) is 0.490. The lowest BCUT2D eigenvalue weighted by Gasteiger charge is -2.13. The molecule has 0 aliphatic heterocycles. The number of benzene rings is 3. The van der Waals surface area contributed by atoms with E-state index in [1.54, 1.807) is 6.21 Å². The van der Waals surface area contributed by atoms with Crippen molar-refractivity contribution in [3.8, 4) is 0 Å². The van der Waals surface area contributed by atoms with Gasteiger partial charge in [0, 0.05) is 11.8 Å². The summed E-state index contributed by atoms with van der Waals surface area (Å²) in [5, 5.41) is 4.61. The van der Waals surface area contributed by atoms with E-state index >= 15 is 0 Å². The van der Waals surface area contributed by atoms with Crippen molar-refractivity contribution < 1.29 is 4.21 Å². The Bertz CT molecular complexity index is 837. The van der Waals surface area contributed by atoms with Gasteiger partial charge in [-0.15, -0.1) is 0 Å². The Morgan fingerprint density at radius 2 is 1.41 bits per heavy atom. The molecule has 3 rings (SSSR count). The number of hydrogen-bond acceptors (Lipinski definition) is 1. The summed E-state index contributed by atoms with van der Waals surface area (Å²) in [7, 11) is -1.25. The Labute approximate surface area is 133 Å². The smallest absolute Gasteiger partial charge is 0.144 e. The Balaban J connectivity index is 2.25. The molecule has 1 atom stereocenters. The van der Waals surface area contributed by atoms with Crippen LogP contribution in [0.4, 0.5) is 0 Å². The maximum Gasteiger partial charge on any atom is 0.144 e. The van der Waals surface area contributed by atoms with Gasteiger partial charge in [0.15, 0.2) is 0 Å². The van der Waals surface area contributed by atoms with Crippen molar-refractivity contribution in [2.24, 2.45) is 4.40 Å². The largest absolute Gasteiger partial charge is 0.234 e. The van der Waals surface area contributed by atoms with Crippen LogP contribution in [0, 0.1) is 0 Å². The third kappa shape index (κ3) is 2.81. The second-order valence-electron chi connectivity index (χ2n) is 6.33. The van der Waals surface area contributed by atoms with Gasteiger partial charge in [-0.05, 0) is 48.4 Å². The summed E-state index contributed by atoms with van der Waals surface area (Å²) >= 11 is 0. The van der Waals surface area contributed by atoms with Crippen LogP contribution in [0.1, 0.15) is 26.3 Å². The number of nitrogens with zero attached hydrogens (tertiary/aromatic N) is 1. The lowest BCUT2D eigenvalue weighted by atomic mass is 9.97. The van der Waals surface area contributed by atoms with Gasteiger partial charge >= 0.3 is 0 Å². The molecule has 2 nitrogen and oxygen atoms in total. The van der Waals surface area contributed by atoms with Gasteiger partial charge in [0.2, 0.25) is 0 Å². The van der Waals surface area contributed by atoms with Crippen LogP contribution < -0.4 is 0 Å². The molecule has 112 valence electrons. The minimum atomic E-state index is -1.25. The fourth-order valence-electron chi connectivity index (χ4n) is 2.45. The molecule has 0 unspecified atom stereocenters. The third-order valence-electron chi connectivity index (χ3n) is 3.61. The summed E-state index contributed by atoms with van der Waals surface area (Å²) in [6, 6.07) is 18.7. The van der Waals surface area contributed by atoms with E-state index in [0.717, 1.165) is 16.3 Å². The summed E-state index contributed by atoms with van der Waals surface area (Å²) in [4.78, 5) is 0. The summed E-state index contributed by atoms with van der Waals surface area (Å²) in [6.07, 6.45) is 1.77. The van der Waals surface area contributed by atoms with E-state index in [1.165, 1.54) is 10.8 Å². The molecule has 0 amide bonds. The van der Waals surface area contributed by atoms with E-state index in [4.69, 9.17) is 0 Å². The highest BCUT2D eigenvalue weighted by Crippen LogP contribution is 2.27. The molecular weight excluding hydrogens is 290 g/mol. The summed E-state index contributed by atoms with van der Waals surface area (Å²) in [5.74, 6) is 0. The highest BCUT2D eigenvalue weighted by Gasteiger charge is 2.18. The first-order chi connectivity index (χ1) is 10.5. The Hall–Kier alpha value is -2.00. The van der Waals surface area contributed by atoms with Gasteiger partial charge in [0.05, 0.1) is 4.75 Å². The first-order valence-electron chi connectivity index (χ1n) is 7.33. The molecule has 0 N–H and O–H groups in total. The van der Waals surface area contributed by atoms with E-state index in [9.17, 15) is 4.21 Å². The predicted octanol–water partition coefficient (Wildman–Crippen LogP) is 4.87. The van der Waals surface area contributed by atoms with Crippen molar-refractivity contribution in [3.05, 3.63) is 60.2 Å². The minimum absolute atomic E-state index is 0.350. The van der Waals surface area contributed by atoms with Crippen molar-refractivity contribution in [3.63, 3.8) is 0 Å². The molecular formula is C19H19NOS. The molecule has 3 aromatic carbocycles. The zero-order chi connectivity index (χ0) is 15.7. The lowest BCUT2D eigenvalue weighted by Crippen LogP contribution is -2.19. The molecule has 0 radical (unpaired) electrons. The maximum atomic E-state index is 12.2. The molecule has 0 fully saturated rings. The molecule has 0 spiro atoms. The summed E-state index contributed by atoms with van der Waals surface area (Å²) in [5.41, 5.74) is 1.03. The van der Waals surface area contributed by atoms with E-state index in [2.05, 4.69) is 34.7 Å². The van der Waals surface area contributed by atoms with Gasteiger partial charge in [-0.3, -0.25) is 0 Å². The van der Waals surface area contributed by atoms with Gasteiger partial charge in [0.1, 0.15) is 11.0 Å². The first-order valence-corrected chi connectivity index (χ1v) is 8.44. The van der Waals surface area contributed by atoms with E-state index in [-0.39, 0.29) is 4.75 Å². The average molecular weight is 309 g/mol. The molecule has 0 bridgehead atoms. The van der Waals surface area contributed by atoms with Crippen LogP contribution in [0.5, 0.6) is 0 Å². The summed E-state index contributed by atoms with van der Waals surface area (Å²) < 4.78 is 16.2. The second kappa shape index (κ2) is 5.65. The molecule has 3 heteroatoms. The zero-order valence-electron chi connectivity index (χ0n) is 13.0. The molecule has 22 heavy (non-hydrogen) atoms. The van der Waals surface area contributed by atoms with Gasteiger partial charge in [-0.25, -0.2) is 4.21 Å². The molecule has 0 aliphatic rings. The lowest BCUT2D eigenvalue weighted by molar-refractivity contribution is 0.651. The van der Waals surface area contributed by atoms with Crippen molar-refractivity contribution >= 4 is 38.7 Å². The minimum Gasteiger partial charge on any atom is -0.234 e. The highest BCUT2D eigenvalue weighted by molar-refractivity contribution is 7.85. The first kappa shape index (κ1) is 14.9. The predicted molar refractivity (Wildman–Crippen MR) is 96.9 cm³/mol. The monoisotopic (exact) mass is 309 g/mol. The molecule has 0 saturated heterocycles. The van der Waals surface area contributed by atoms with Crippen LogP contribution in [0.25, 0.3) is 21.5 Å². The van der Waals surface area contributed by atoms with Crippen LogP contribution in [0.2, 0.25) is 0 Å². The fourth-order valence-corrected chi connectivity index (χ4v) is 2.96. The van der Waals surface area contributed by atoms with Gasteiger partial charge < -0.3 is 0 Å². The van der Waals surface area contributed by atoms with Gasteiger partial charge in [0.25, 0.3) is 0 Å². The second-order valence-corrected chi connectivity index (χ2v) is 8.26. The average Bonchev–Trinajstić information content (AvgIpc) is 2.50. The van der Waals surface area contributed by atoms with Crippen molar-refractivity contribution in [2.45, 2.75) is 25.5 Å². The molecule has 0 aliphatic carbocycles. The zero-order valence-corrected chi connectivity index (χ0v) is 13.9. The van der Waals surface area contributed by atoms with Gasteiger partial charge in [-0.1, -0.05) is 48.5 Å². The molecule has 0 saturated carbocycles. The SMILES string of the molecule is CC(C)(C)[S@@](=O)/N=C/c1c2ccccc2cc2ccccc12. The Morgan fingerprint density at radius 3 is 1.91 bits per heavy atom. The van der Waals surface area contributed by atoms with Crippen LogP contribution in [-0.4, -0.2) is 15.2 Å². The Kier molecular flexibility index (Phi) is 3.83. The third-order valence-corrected chi connectivity index (χ3v) is 4.96. The van der Waals surface area contributed by atoms with Gasteiger partial charge in [-0.2, -0.15) is 4.40 Å². The standard InChI is InChI=1S/C19H19NOS/c1-19(2,3)22(21)20-13-18-16-10-6-4-8-14(16)12-15-9-5-7-11-17(15)18/h4-13H,1-3H3/b20-13+/t22-/m1/s1. The van der Waals surface area contributed by atoms with Crippen molar-refractivity contribution in [1.82, 2.24) is 0 Å². The van der Waals surface area contributed by atoms with Crippen LogP contribution in [-0.2, 0) is 11.0 Å².